The maximum Gasteiger partial charge on any atom is 0.181 e. The number of hydrogen-bond donors (Lipinski definition) is 0. The molecule has 19 heavy (non-hydrogen) atoms. The first-order valence-corrected chi connectivity index (χ1v) is 6.66. The minimum atomic E-state index is 0.0502. The van der Waals surface area contributed by atoms with Gasteiger partial charge in [-0.1, -0.05) is 47.6 Å². The molecule has 1 aromatic rings. The molecule has 2 rings (SSSR count). The average Bonchev–Trinajstić information content (AvgIpc) is 3.08. The van der Waals surface area contributed by atoms with Crippen molar-refractivity contribution in [2.75, 3.05) is 13.2 Å². The Kier molecular flexibility index (Phi) is 4.69. The Bertz CT molecular complexity index is 493. The van der Waals surface area contributed by atoms with E-state index >= 15 is 0 Å². The molecule has 0 bridgehead atoms. The summed E-state index contributed by atoms with van der Waals surface area (Å²) in [6.07, 6.45) is 4.94. The first-order valence-electron chi connectivity index (χ1n) is 6.66. The topological polar surface area (TPSA) is 26.3 Å². The second-order valence-electron chi connectivity index (χ2n) is 5.23. The molecule has 0 spiro atoms. The van der Waals surface area contributed by atoms with Crippen molar-refractivity contribution in [1.29, 1.82) is 0 Å². The van der Waals surface area contributed by atoms with Crippen LogP contribution in [0.3, 0.4) is 0 Å². The number of carbonyl (C=O) groups excluding carboxylic acids is 1. The molecule has 1 saturated carbocycles. The molecular weight excluding hydrogens is 236 g/mol. The fourth-order valence-electron chi connectivity index (χ4n) is 2.00. The Balaban J connectivity index is 1.72. The summed E-state index contributed by atoms with van der Waals surface area (Å²) < 4.78 is 5.45. The Labute approximate surface area is 114 Å². The lowest BCUT2D eigenvalue weighted by Gasteiger charge is -1.99. The largest absolute Gasteiger partial charge is 0.373 e. The molecule has 1 aliphatic rings. The van der Waals surface area contributed by atoms with E-state index in [1.807, 2.05) is 32.0 Å². The lowest BCUT2D eigenvalue weighted by molar-refractivity contribution is -0.119. The smallest absolute Gasteiger partial charge is 0.181 e. The summed E-state index contributed by atoms with van der Waals surface area (Å²) in [7, 11) is 0. The Morgan fingerprint density at radius 2 is 2.05 bits per heavy atom. The van der Waals surface area contributed by atoms with Crippen LogP contribution in [0, 0.1) is 5.92 Å². The van der Waals surface area contributed by atoms with Crippen molar-refractivity contribution in [2.24, 2.45) is 5.92 Å². The van der Waals surface area contributed by atoms with Gasteiger partial charge in [0.25, 0.3) is 0 Å². The first kappa shape index (κ1) is 13.8. The molecule has 1 aromatic carbocycles. The molecule has 0 radical (unpaired) electrons. The predicted octanol–water partition coefficient (Wildman–Crippen LogP) is 3.64. The van der Waals surface area contributed by atoms with Crippen LogP contribution in [0.4, 0.5) is 0 Å². The number of benzene rings is 1. The summed E-state index contributed by atoms with van der Waals surface area (Å²) in [5.41, 5.74) is 3.67. The van der Waals surface area contributed by atoms with E-state index in [0.29, 0.717) is 12.5 Å². The number of hydrogen-bond acceptors (Lipinski definition) is 2. The highest BCUT2D eigenvalue weighted by atomic mass is 16.5. The first-order chi connectivity index (χ1) is 9.15. The molecule has 100 valence electrons. The standard InChI is InChI=1S/C17H20O2/c1-13(2)8-17(18)12-19-11-16-10-15(16)9-14-6-4-3-5-7-14/h3-9,16H,10-12H2,1-2H3/b15-9-. The summed E-state index contributed by atoms with van der Waals surface area (Å²) >= 11 is 0. The van der Waals surface area contributed by atoms with E-state index in [-0.39, 0.29) is 12.4 Å². The summed E-state index contributed by atoms with van der Waals surface area (Å²) in [6.45, 7) is 4.68. The van der Waals surface area contributed by atoms with E-state index in [9.17, 15) is 4.79 Å². The van der Waals surface area contributed by atoms with Crippen molar-refractivity contribution in [3.63, 3.8) is 0 Å². The minimum Gasteiger partial charge on any atom is -0.373 e. The summed E-state index contributed by atoms with van der Waals surface area (Å²) in [6, 6.07) is 10.3. The third-order valence-electron chi connectivity index (χ3n) is 3.01. The van der Waals surface area contributed by atoms with Crippen LogP contribution >= 0.6 is 0 Å². The quantitative estimate of drug-likeness (QED) is 0.726. The van der Waals surface area contributed by atoms with Crippen LogP contribution < -0.4 is 0 Å². The summed E-state index contributed by atoms with van der Waals surface area (Å²) in [5.74, 6) is 0.550. The molecule has 2 heteroatoms. The normalized spacial score (nSPS) is 19.3. The second-order valence-corrected chi connectivity index (χ2v) is 5.23. The maximum absolute atomic E-state index is 11.4. The van der Waals surface area contributed by atoms with Gasteiger partial charge in [-0.2, -0.15) is 0 Å². The van der Waals surface area contributed by atoms with E-state index in [4.69, 9.17) is 4.74 Å². The van der Waals surface area contributed by atoms with E-state index in [0.717, 1.165) is 12.0 Å². The van der Waals surface area contributed by atoms with E-state index in [1.165, 1.54) is 11.1 Å². The highest BCUT2D eigenvalue weighted by Crippen LogP contribution is 2.39. The fourth-order valence-corrected chi connectivity index (χ4v) is 2.00. The zero-order valence-electron chi connectivity index (χ0n) is 11.6. The van der Waals surface area contributed by atoms with Gasteiger partial charge in [-0.05, 0) is 31.9 Å². The van der Waals surface area contributed by atoms with Gasteiger partial charge < -0.3 is 4.74 Å². The third-order valence-corrected chi connectivity index (χ3v) is 3.01. The Hall–Kier alpha value is -1.67. The van der Waals surface area contributed by atoms with Gasteiger partial charge in [0.15, 0.2) is 5.78 Å². The lowest BCUT2D eigenvalue weighted by atomic mass is 10.2. The molecule has 1 atom stereocenters. The van der Waals surface area contributed by atoms with Crippen LogP contribution in [0.25, 0.3) is 6.08 Å². The number of ether oxygens (including phenoxy) is 1. The molecule has 0 aromatic heterocycles. The fraction of sp³-hybridized carbons (Fsp3) is 0.353. The van der Waals surface area contributed by atoms with Gasteiger partial charge in [-0.15, -0.1) is 0 Å². The van der Waals surface area contributed by atoms with Gasteiger partial charge in [-0.3, -0.25) is 4.79 Å². The van der Waals surface area contributed by atoms with Gasteiger partial charge in [-0.25, -0.2) is 0 Å². The number of carbonyl (C=O) groups is 1. The van der Waals surface area contributed by atoms with Crippen molar-refractivity contribution in [3.8, 4) is 0 Å². The third kappa shape index (κ3) is 4.84. The number of ketones is 1. The Morgan fingerprint density at radius 1 is 1.32 bits per heavy atom. The van der Waals surface area contributed by atoms with E-state index in [2.05, 4.69) is 18.2 Å². The highest BCUT2D eigenvalue weighted by Gasteiger charge is 2.29. The number of allylic oxidation sites excluding steroid dienone is 1. The predicted molar refractivity (Wildman–Crippen MR) is 77.8 cm³/mol. The minimum absolute atomic E-state index is 0.0502. The molecule has 1 fully saturated rings. The summed E-state index contributed by atoms with van der Waals surface area (Å²) in [5, 5.41) is 0. The molecule has 0 amide bonds. The van der Waals surface area contributed by atoms with E-state index in [1.54, 1.807) is 6.08 Å². The molecule has 0 heterocycles. The maximum atomic E-state index is 11.4. The molecule has 0 N–H and O–H groups in total. The number of rotatable bonds is 6. The summed E-state index contributed by atoms with van der Waals surface area (Å²) in [4.78, 5) is 11.4. The molecule has 0 aliphatic heterocycles. The van der Waals surface area contributed by atoms with Crippen molar-refractivity contribution < 1.29 is 9.53 Å². The molecular formula is C17H20O2. The monoisotopic (exact) mass is 256 g/mol. The highest BCUT2D eigenvalue weighted by molar-refractivity contribution is 5.91. The van der Waals surface area contributed by atoms with Gasteiger partial charge in [0.05, 0.1) is 6.61 Å². The van der Waals surface area contributed by atoms with Crippen molar-refractivity contribution in [1.82, 2.24) is 0 Å². The van der Waals surface area contributed by atoms with Crippen LogP contribution in [0.2, 0.25) is 0 Å². The SMILES string of the molecule is CC(C)=CC(=O)COCC1C/C1=C/c1ccccc1. The van der Waals surface area contributed by atoms with Crippen LogP contribution in [0.1, 0.15) is 25.8 Å². The average molecular weight is 256 g/mol. The zero-order valence-corrected chi connectivity index (χ0v) is 11.6. The van der Waals surface area contributed by atoms with Crippen LogP contribution in [0.15, 0.2) is 47.6 Å². The van der Waals surface area contributed by atoms with Crippen molar-refractivity contribution >= 4 is 11.9 Å². The molecule has 2 nitrogen and oxygen atoms in total. The van der Waals surface area contributed by atoms with Gasteiger partial charge in [0.2, 0.25) is 0 Å². The van der Waals surface area contributed by atoms with Gasteiger partial charge in [0.1, 0.15) is 6.61 Å². The second kappa shape index (κ2) is 6.48. The van der Waals surface area contributed by atoms with E-state index < -0.39 is 0 Å². The molecule has 0 saturated heterocycles. The molecule has 1 aliphatic carbocycles. The lowest BCUT2D eigenvalue weighted by Crippen LogP contribution is -2.07. The van der Waals surface area contributed by atoms with Crippen LogP contribution in [0.5, 0.6) is 0 Å². The van der Waals surface area contributed by atoms with Crippen molar-refractivity contribution in [3.05, 3.63) is 53.1 Å². The van der Waals surface area contributed by atoms with Gasteiger partial charge >= 0.3 is 0 Å². The Morgan fingerprint density at radius 3 is 2.74 bits per heavy atom. The van der Waals surface area contributed by atoms with Crippen LogP contribution in [-0.2, 0) is 9.53 Å². The van der Waals surface area contributed by atoms with Gasteiger partial charge in [0, 0.05) is 5.92 Å². The zero-order chi connectivity index (χ0) is 13.7. The molecule has 1 unspecified atom stereocenters. The van der Waals surface area contributed by atoms with Crippen molar-refractivity contribution in [2.45, 2.75) is 20.3 Å². The van der Waals surface area contributed by atoms with Crippen LogP contribution in [-0.4, -0.2) is 19.0 Å².